The van der Waals surface area contributed by atoms with E-state index in [2.05, 4.69) is 5.32 Å². The maximum absolute atomic E-state index is 12.6. The smallest absolute Gasteiger partial charge is 0.415 e. The Kier molecular flexibility index (Phi) is 5.46. The summed E-state index contributed by atoms with van der Waals surface area (Å²) in [6, 6.07) is 8.33. The molecular weight excluding hydrogens is 324 g/mol. The van der Waals surface area contributed by atoms with E-state index < -0.39 is 30.1 Å². The number of carboxylic acid groups (broad SMARTS) is 1. The Balaban J connectivity index is 2.35. The van der Waals surface area contributed by atoms with E-state index in [1.165, 1.54) is 6.20 Å². The quantitative estimate of drug-likeness (QED) is 0.872. The molecule has 7 nitrogen and oxygen atoms in total. The number of aliphatic carboxylic acids is 1. The summed E-state index contributed by atoms with van der Waals surface area (Å²) in [4.78, 5) is 37.3. The van der Waals surface area contributed by atoms with Gasteiger partial charge in [0.1, 0.15) is 11.6 Å². The van der Waals surface area contributed by atoms with Crippen LogP contribution >= 0.6 is 0 Å². The van der Waals surface area contributed by atoms with Crippen molar-refractivity contribution < 1.29 is 24.2 Å². The standard InChI is InChI=1S/C18H22N2O5/c1-18(2,3)25-17(24)20-13(10-15(21)22)11-19-16(23)14(20)9-12-7-5-4-6-8-12/h4-8,11,14H,9-10H2,1-3H3,(H,19,23)(H,21,22)/t14-/m0/s1. The number of carbonyl (C=O) groups excluding carboxylic acids is 2. The first-order valence-corrected chi connectivity index (χ1v) is 7.95. The zero-order chi connectivity index (χ0) is 18.6. The van der Waals surface area contributed by atoms with Crippen LogP contribution < -0.4 is 5.32 Å². The Morgan fingerprint density at radius 3 is 2.44 bits per heavy atom. The molecule has 0 unspecified atom stereocenters. The predicted molar refractivity (Wildman–Crippen MR) is 90.5 cm³/mol. The number of amides is 2. The van der Waals surface area contributed by atoms with Gasteiger partial charge in [-0.2, -0.15) is 0 Å². The summed E-state index contributed by atoms with van der Waals surface area (Å²) in [5, 5.41) is 11.6. The summed E-state index contributed by atoms with van der Waals surface area (Å²) in [6.07, 6.45) is 0.367. The molecule has 1 aromatic rings. The first-order valence-electron chi connectivity index (χ1n) is 7.95. The van der Waals surface area contributed by atoms with Crippen molar-refractivity contribution >= 4 is 18.0 Å². The highest BCUT2D eigenvalue weighted by molar-refractivity contribution is 5.90. The van der Waals surface area contributed by atoms with Crippen molar-refractivity contribution in [2.75, 3.05) is 0 Å². The lowest BCUT2D eigenvalue weighted by molar-refractivity contribution is -0.137. The Morgan fingerprint density at radius 1 is 1.24 bits per heavy atom. The molecule has 0 radical (unpaired) electrons. The maximum Gasteiger partial charge on any atom is 0.415 e. The summed E-state index contributed by atoms with van der Waals surface area (Å²) < 4.78 is 5.38. The van der Waals surface area contributed by atoms with E-state index >= 15 is 0 Å². The molecule has 0 spiro atoms. The Bertz CT molecular complexity index is 691. The van der Waals surface area contributed by atoms with E-state index in [1.54, 1.807) is 20.8 Å². The number of hydrogen-bond donors (Lipinski definition) is 2. The van der Waals surface area contributed by atoms with Gasteiger partial charge in [-0.25, -0.2) is 4.79 Å². The first-order chi connectivity index (χ1) is 11.7. The van der Waals surface area contributed by atoms with Crippen LogP contribution in [-0.2, 0) is 20.7 Å². The number of ether oxygens (including phenoxy) is 1. The van der Waals surface area contributed by atoms with E-state index in [9.17, 15) is 14.4 Å². The Hall–Kier alpha value is -2.83. The molecule has 0 saturated carbocycles. The highest BCUT2D eigenvalue weighted by Crippen LogP contribution is 2.24. The van der Waals surface area contributed by atoms with Crippen LogP contribution in [0.5, 0.6) is 0 Å². The molecule has 1 aliphatic rings. The fourth-order valence-corrected chi connectivity index (χ4v) is 2.51. The number of nitrogens with one attached hydrogen (secondary N) is 1. The minimum absolute atomic E-state index is 0.183. The molecule has 1 heterocycles. The third-order valence-electron chi connectivity index (χ3n) is 3.50. The second kappa shape index (κ2) is 7.38. The van der Waals surface area contributed by atoms with Crippen LogP contribution in [0.1, 0.15) is 32.8 Å². The fourth-order valence-electron chi connectivity index (χ4n) is 2.51. The average Bonchev–Trinajstić information content (AvgIpc) is 2.49. The van der Waals surface area contributed by atoms with Gasteiger partial charge < -0.3 is 15.2 Å². The van der Waals surface area contributed by atoms with Crippen LogP contribution in [0.15, 0.2) is 42.2 Å². The summed E-state index contributed by atoms with van der Waals surface area (Å²) in [6.45, 7) is 5.13. The number of rotatable bonds is 4. The molecule has 134 valence electrons. The lowest BCUT2D eigenvalue weighted by Gasteiger charge is -2.36. The summed E-state index contributed by atoms with van der Waals surface area (Å²) >= 11 is 0. The largest absolute Gasteiger partial charge is 0.481 e. The predicted octanol–water partition coefficient (Wildman–Crippen LogP) is 2.28. The molecule has 1 aliphatic heterocycles. The van der Waals surface area contributed by atoms with Crippen molar-refractivity contribution in [3.8, 4) is 0 Å². The number of hydrogen-bond acceptors (Lipinski definition) is 4. The van der Waals surface area contributed by atoms with Gasteiger partial charge in [0.15, 0.2) is 0 Å². The minimum atomic E-state index is -1.10. The monoisotopic (exact) mass is 346 g/mol. The van der Waals surface area contributed by atoms with E-state index in [0.717, 1.165) is 10.5 Å². The van der Waals surface area contributed by atoms with Crippen LogP contribution in [0.4, 0.5) is 4.79 Å². The van der Waals surface area contributed by atoms with Crippen LogP contribution in [0.2, 0.25) is 0 Å². The molecule has 1 atom stereocenters. The van der Waals surface area contributed by atoms with Crippen molar-refractivity contribution in [2.45, 2.75) is 45.3 Å². The van der Waals surface area contributed by atoms with Crippen molar-refractivity contribution in [1.82, 2.24) is 10.2 Å². The highest BCUT2D eigenvalue weighted by atomic mass is 16.6. The second-order valence-corrected chi connectivity index (χ2v) is 6.77. The summed E-state index contributed by atoms with van der Waals surface area (Å²) in [5.74, 6) is -1.49. The van der Waals surface area contributed by atoms with Crippen LogP contribution in [0, 0.1) is 0 Å². The third kappa shape index (κ3) is 5.07. The molecule has 0 fully saturated rings. The number of carboxylic acids is 1. The molecule has 0 saturated heterocycles. The van der Waals surface area contributed by atoms with Crippen LogP contribution in [0.3, 0.4) is 0 Å². The van der Waals surface area contributed by atoms with Crippen LogP contribution in [0.25, 0.3) is 0 Å². The Labute approximate surface area is 146 Å². The van der Waals surface area contributed by atoms with Gasteiger partial charge in [-0.3, -0.25) is 14.5 Å². The fraction of sp³-hybridized carbons (Fsp3) is 0.389. The van der Waals surface area contributed by atoms with Gasteiger partial charge in [-0.15, -0.1) is 0 Å². The van der Waals surface area contributed by atoms with Crippen molar-refractivity contribution in [3.05, 3.63) is 47.8 Å². The minimum Gasteiger partial charge on any atom is -0.481 e. The molecule has 2 rings (SSSR count). The van der Waals surface area contributed by atoms with E-state index in [0.29, 0.717) is 0 Å². The topological polar surface area (TPSA) is 95.9 Å². The molecule has 0 bridgehead atoms. The molecule has 0 aliphatic carbocycles. The van der Waals surface area contributed by atoms with Crippen LogP contribution in [-0.4, -0.2) is 39.6 Å². The van der Waals surface area contributed by atoms with Gasteiger partial charge in [0.25, 0.3) is 0 Å². The number of nitrogens with zero attached hydrogens (tertiary/aromatic N) is 1. The summed E-state index contributed by atoms with van der Waals surface area (Å²) in [5.41, 5.74) is 0.270. The molecule has 7 heteroatoms. The van der Waals surface area contributed by atoms with Gasteiger partial charge in [0, 0.05) is 12.6 Å². The van der Waals surface area contributed by atoms with Gasteiger partial charge in [0.05, 0.1) is 12.1 Å². The Morgan fingerprint density at radius 2 is 1.88 bits per heavy atom. The zero-order valence-electron chi connectivity index (χ0n) is 14.5. The third-order valence-corrected chi connectivity index (χ3v) is 3.50. The first kappa shape index (κ1) is 18.5. The molecule has 1 aromatic carbocycles. The number of carbonyl (C=O) groups is 3. The molecule has 2 amide bonds. The van der Waals surface area contributed by atoms with Gasteiger partial charge >= 0.3 is 12.1 Å². The second-order valence-electron chi connectivity index (χ2n) is 6.77. The molecule has 2 N–H and O–H groups in total. The highest BCUT2D eigenvalue weighted by Gasteiger charge is 2.38. The van der Waals surface area contributed by atoms with Gasteiger partial charge in [-0.1, -0.05) is 30.3 Å². The van der Waals surface area contributed by atoms with Crippen molar-refractivity contribution in [3.63, 3.8) is 0 Å². The van der Waals surface area contributed by atoms with Gasteiger partial charge in [-0.05, 0) is 26.3 Å². The molecule has 0 aromatic heterocycles. The van der Waals surface area contributed by atoms with Crippen molar-refractivity contribution in [1.29, 1.82) is 0 Å². The number of benzene rings is 1. The van der Waals surface area contributed by atoms with E-state index in [-0.39, 0.29) is 18.0 Å². The van der Waals surface area contributed by atoms with E-state index in [4.69, 9.17) is 9.84 Å². The zero-order valence-corrected chi connectivity index (χ0v) is 14.5. The van der Waals surface area contributed by atoms with E-state index in [1.807, 2.05) is 30.3 Å². The lowest BCUT2D eigenvalue weighted by atomic mass is 10.0. The lowest BCUT2D eigenvalue weighted by Crippen LogP contribution is -2.54. The molecule has 25 heavy (non-hydrogen) atoms. The van der Waals surface area contributed by atoms with Crippen molar-refractivity contribution in [2.24, 2.45) is 0 Å². The molecular formula is C18H22N2O5. The SMILES string of the molecule is CC(C)(C)OC(=O)N1C(CC(=O)O)=CNC(=O)[C@@H]1Cc1ccccc1. The average molecular weight is 346 g/mol. The maximum atomic E-state index is 12.6. The summed E-state index contributed by atoms with van der Waals surface area (Å²) in [7, 11) is 0. The van der Waals surface area contributed by atoms with Gasteiger partial charge in [0.2, 0.25) is 5.91 Å². The normalized spacial score (nSPS) is 17.6.